The molecule has 0 fully saturated rings. The van der Waals surface area contributed by atoms with Crippen LogP contribution in [0.25, 0.3) is 82.9 Å². The van der Waals surface area contributed by atoms with Crippen molar-refractivity contribution in [2.75, 3.05) is 0 Å². The molecule has 1 heterocycles. The molecule has 1 unspecified atom stereocenters. The lowest BCUT2D eigenvalue weighted by Gasteiger charge is -2.20. The quantitative estimate of drug-likeness (QED) is 0.163. The molecule has 8 rings (SSSR count). The van der Waals surface area contributed by atoms with Gasteiger partial charge in [-0.2, -0.15) is 0 Å². The average molecular weight is 616 g/mol. The van der Waals surface area contributed by atoms with E-state index in [2.05, 4.69) is 177 Å². The fourth-order valence-electron chi connectivity index (χ4n) is 7.18. The van der Waals surface area contributed by atoms with Crippen LogP contribution in [0.5, 0.6) is 0 Å². The second kappa shape index (κ2) is 12.8. The van der Waals surface area contributed by atoms with Crippen LogP contribution in [-0.2, 0) is 0 Å². The standard InChI is InChI=1S/C47H37N/c1-3-32(2)26-27-33-14-11-17-35(30-33)46-41-18-7-9-20-43(41)47(44-21-10-8-19-42(44)46)40-25-13-22-37-38(40)23-12-24-39(37)45-31-48-29-28-36(45)34-15-5-4-6-16-34/h4-32H,3H2,1-2H3/b27-26-. The zero-order valence-corrected chi connectivity index (χ0v) is 27.4. The van der Waals surface area contributed by atoms with Crippen LogP contribution in [0.15, 0.2) is 164 Å². The maximum atomic E-state index is 4.58. The number of pyridine rings is 1. The molecule has 0 bridgehead atoms. The van der Waals surface area contributed by atoms with Crippen LogP contribution in [0.4, 0.5) is 0 Å². The third kappa shape index (κ3) is 5.28. The lowest BCUT2D eigenvalue weighted by Crippen LogP contribution is -1.93. The first kappa shape index (κ1) is 29.6. The Bertz CT molecular complexity index is 2390. The van der Waals surface area contributed by atoms with Gasteiger partial charge in [-0.1, -0.05) is 166 Å². The van der Waals surface area contributed by atoms with Crippen molar-refractivity contribution < 1.29 is 0 Å². The molecular weight excluding hydrogens is 579 g/mol. The van der Waals surface area contributed by atoms with Gasteiger partial charge >= 0.3 is 0 Å². The van der Waals surface area contributed by atoms with Gasteiger partial charge in [-0.05, 0) is 94.9 Å². The number of hydrogen-bond donors (Lipinski definition) is 0. The Balaban J connectivity index is 1.38. The largest absolute Gasteiger partial charge is 0.264 e. The molecule has 0 aliphatic rings. The highest BCUT2D eigenvalue weighted by Crippen LogP contribution is 2.46. The van der Waals surface area contributed by atoms with E-state index in [0.29, 0.717) is 5.92 Å². The van der Waals surface area contributed by atoms with Crippen LogP contribution in [0.1, 0.15) is 25.8 Å². The molecule has 48 heavy (non-hydrogen) atoms. The summed E-state index contributed by atoms with van der Waals surface area (Å²) in [4.78, 5) is 4.58. The number of benzene rings is 7. The highest BCUT2D eigenvalue weighted by atomic mass is 14.6. The number of allylic oxidation sites excluding steroid dienone is 1. The number of rotatable bonds is 7. The van der Waals surface area contributed by atoms with Gasteiger partial charge in [0.1, 0.15) is 0 Å². The van der Waals surface area contributed by atoms with Crippen molar-refractivity contribution >= 4 is 38.4 Å². The summed E-state index contributed by atoms with van der Waals surface area (Å²) in [5.74, 6) is 0.555. The van der Waals surface area contributed by atoms with Gasteiger partial charge in [0.05, 0.1) is 0 Å². The monoisotopic (exact) mass is 615 g/mol. The van der Waals surface area contributed by atoms with Gasteiger partial charge in [-0.3, -0.25) is 4.98 Å². The van der Waals surface area contributed by atoms with Gasteiger partial charge in [-0.25, -0.2) is 0 Å². The third-order valence-electron chi connectivity index (χ3n) is 9.76. The average Bonchev–Trinajstić information content (AvgIpc) is 3.16. The zero-order chi connectivity index (χ0) is 32.5. The molecule has 0 aliphatic heterocycles. The van der Waals surface area contributed by atoms with Crippen LogP contribution in [-0.4, -0.2) is 4.98 Å². The number of fused-ring (bicyclic) bond motifs is 3. The minimum atomic E-state index is 0.555. The SMILES string of the molecule is CCC(C)/C=C\c1cccc(-c2c3ccccc3c(-c3cccc4c(-c5cnccc5-c5ccccc5)cccc34)c3ccccc23)c1. The summed E-state index contributed by atoms with van der Waals surface area (Å²) in [6, 6.07) is 53.1. The Hall–Kier alpha value is -5.79. The van der Waals surface area contributed by atoms with E-state index in [0.717, 1.165) is 12.0 Å². The van der Waals surface area contributed by atoms with Crippen molar-refractivity contribution in [1.82, 2.24) is 4.98 Å². The Labute approximate surface area is 282 Å². The zero-order valence-electron chi connectivity index (χ0n) is 27.4. The molecule has 0 N–H and O–H groups in total. The van der Waals surface area contributed by atoms with Crippen LogP contribution in [0.3, 0.4) is 0 Å². The molecule has 230 valence electrons. The molecule has 0 aliphatic carbocycles. The fraction of sp³-hybridized carbons (Fsp3) is 0.0851. The minimum absolute atomic E-state index is 0.555. The van der Waals surface area contributed by atoms with Gasteiger partial charge in [0.2, 0.25) is 0 Å². The van der Waals surface area contributed by atoms with Gasteiger partial charge < -0.3 is 0 Å². The van der Waals surface area contributed by atoms with E-state index in [1.54, 1.807) is 0 Å². The molecule has 1 aromatic heterocycles. The first-order valence-corrected chi connectivity index (χ1v) is 16.9. The van der Waals surface area contributed by atoms with E-state index in [4.69, 9.17) is 0 Å². The van der Waals surface area contributed by atoms with Crippen LogP contribution < -0.4 is 0 Å². The molecule has 0 saturated carbocycles. The van der Waals surface area contributed by atoms with Crippen molar-refractivity contribution in [3.63, 3.8) is 0 Å². The van der Waals surface area contributed by atoms with E-state index in [-0.39, 0.29) is 0 Å². The Morgan fingerprint density at radius 2 is 1.06 bits per heavy atom. The molecule has 0 saturated heterocycles. The van der Waals surface area contributed by atoms with E-state index in [9.17, 15) is 0 Å². The highest BCUT2D eigenvalue weighted by Gasteiger charge is 2.19. The topological polar surface area (TPSA) is 12.9 Å². The summed E-state index contributed by atoms with van der Waals surface area (Å²) in [7, 11) is 0. The number of aromatic nitrogens is 1. The number of hydrogen-bond acceptors (Lipinski definition) is 1. The molecule has 1 heteroatoms. The van der Waals surface area contributed by atoms with E-state index in [1.165, 1.54) is 76.8 Å². The van der Waals surface area contributed by atoms with Crippen molar-refractivity contribution in [2.24, 2.45) is 5.92 Å². The Kier molecular flexibility index (Phi) is 7.88. The lowest BCUT2D eigenvalue weighted by molar-refractivity contribution is 0.701. The molecule has 0 radical (unpaired) electrons. The van der Waals surface area contributed by atoms with Gasteiger partial charge in [-0.15, -0.1) is 0 Å². The normalized spacial score (nSPS) is 12.3. The van der Waals surface area contributed by atoms with Crippen molar-refractivity contribution in [2.45, 2.75) is 20.3 Å². The summed E-state index contributed by atoms with van der Waals surface area (Å²) in [6.07, 6.45) is 9.63. The second-order valence-electron chi connectivity index (χ2n) is 12.7. The van der Waals surface area contributed by atoms with Gasteiger partial charge in [0.15, 0.2) is 0 Å². The smallest absolute Gasteiger partial charge is 0.0352 e. The summed E-state index contributed by atoms with van der Waals surface area (Å²) in [6.45, 7) is 4.51. The fourth-order valence-corrected chi connectivity index (χ4v) is 7.18. The first-order chi connectivity index (χ1) is 23.7. The molecule has 1 atom stereocenters. The summed E-state index contributed by atoms with van der Waals surface area (Å²) >= 11 is 0. The minimum Gasteiger partial charge on any atom is -0.264 e. The van der Waals surface area contributed by atoms with Crippen molar-refractivity contribution in [3.8, 4) is 44.5 Å². The molecule has 1 nitrogen and oxygen atoms in total. The lowest BCUT2D eigenvalue weighted by atomic mass is 9.83. The van der Waals surface area contributed by atoms with Crippen LogP contribution >= 0.6 is 0 Å². The van der Waals surface area contributed by atoms with Crippen molar-refractivity contribution in [3.05, 3.63) is 170 Å². The maximum absolute atomic E-state index is 4.58. The van der Waals surface area contributed by atoms with Gasteiger partial charge in [0, 0.05) is 18.0 Å². The predicted molar refractivity (Wildman–Crippen MR) is 207 cm³/mol. The van der Waals surface area contributed by atoms with E-state index in [1.807, 2.05) is 12.4 Å². The van der Waals surface area contributed by atoms with Gasteiger partial charge in [0.25, 0.3) is 0 Å². The van der Waals surface area contributed by atoms with Crippen LogP contribution in [0, 0.1) is 5.92 Å². The summed E-state index contributed by atoms with van der Waals surface area (Å²) < 4.78 is 0. The summed E-state index contributed by atoms with van der Waals surface area (Å²) in [5.41, 5.74) is 11.0. The predicted octanol–water partition coefficient (Wildman–Crippen LogP) is 13.3. The van der Waals surface area contributed by atoms with Crippen molar-refractivity contribution in [1.29, 1.82) is 0 Å². The maximum Gasteiger partial charge on any atom is 0.0352 e. The molecular formula is C47H37N. The molecule has 7 aromatic carbocycles. The molecule has 0 amide bonds. The van der Waals surface area contributed by atoms with E-state index < -0.39 is 0 Å². The Morgan fingerprint density at radius 1 is 0.500 bits per heavy atom. The number of nitrogens with zero attached hydrogens (tertiary/aromatic N) is 1. The molecule has 0 spiro atoms. The Morgan fingerprint density at radius 3 is 1.75 bits per heavy atom. The summed E-state index contributed by atoms with van der Waals surface area (Å²) in [5, 5.41) is 7.51. The molecule has 8 aromatic rings. The van der Waals surface area contributed by atoms with E-state index >= 15 is 0 Å². The first-order valence-electron chi connectivity index (χ1n) is 16.9. The third-order valence-corrected chi connectivity index (χ3v) is 9.76. The van der Waals surface area contributed by atoms with Crippen LogP contribution in [0.2, 0.25) is 0 Å². The second-order valence-corrected chi connectivity index (χ2v) is 12.7. The highest BCUT2D eigenvalue weighted by molar-refractivity contribution is 6.24.